The van der Waals surface area contributed by atoms with Crippen molar-refractivity contribution in [3.63, 3.8) is 0 Å². The van der Waals surface area contributed by atoms with E-state index in [0.29, 0.717) is 6.04 Å². The van der Waals surface area contributed by atoms with Crippen LogP contribution in [0.4, 0.5) is 0 Å². The normalized spacial score (nSPS) is 25.2. The van der Waals surface area contributed by atoms with Gasteiger partial charge in [0.15, 0.2) is 8.32 Å². The van der Waals surface area contributed by atoms with Gasteiger partial charge in [-0.2, -0.15) is 0 Å². The summed E-state index contributed by atoms with van der Waals surface area (Å²) in [6.45, 7) is 12.3. The molecule has 1 aliphatic rings. The fraction of sp³-hybridized carbons (Fsp3) is 1.00. The molecule has 1 atom stereocenters. The zero-order chi connectivity index (χ0) is 10.1. The van der Waals surface area contributed by atoms with Crippen LogP contribution in [0.15, 0.2) is 0 Å². The van der Waals surface area contributed by atoms with Gasteiger partial charge < -0.3 is 9.74 Å². The first-order chi connectivity index (χ1) is 5.81. The van der Waals surface area contributed by atoms with E-state index < -0.39 is 8.32 Å². The number of hydrogen-bond donors (Lipinski definition) is 1. The molecule has 13 heavy (non-hydrogen) atoms. The Labute approximate surface area is 83.2 Å². The summed E-state index contributed by atoms with van der Waals surface area (Å²) in [6.07, 6.45) is 2.56. The summed E-state index contributed by atoms with van der Waals surface area (Å²) in [7, 11) is -1.40. The third-order valence-electron chi connectivity index (χ3n) is 2.47. The van der Waals surface area contributed by atoms with E-state index in [0.717, 1.165) is 6.54 Å². The smallest absolute Gasteiger partial charge is 0.184 e. The predicted octanol–water partition coefficient (Wildman–Crippen LogP) is 2.37. The van der Waals surface area contributed by atoms with Gasteiger partial charge >= 0.3 is 0 Å². The minimum absolute atomic E-state index is 0.0149. The van der Waals surface area contributed by atoms with Crippen molar-refractivity contribution in [3.05, 3.63) is 0 Å². The van der Waals surface area contributed by atoms with Crippen molar-refractivity contribution >= 4 is 8.32 Å². The number of rotatable bonds is 3. The summed E-state index contributed by atoms with van der Waals surface area (Å²) in [4.78, 5) is 0. The molecule has 0 aromatic carbocycles. The molecule has 0 radical (unpaired) electrons. The molecule has 0 aromatic rings. The summed E-state index contributed by atoms with van der Waals surface area (Å²) in [6, 6.07) is 0.555. The SMILES string of the molecule is CC(C)(O[Si](C)(C)C)[C@H]1CCCN1. The van der Waals surface area contributed by atoms with Gasteiger partial charge in [0.2, 0.25) is 0 Å². The van der Waals surface area contributed by atoms with E-state index in [2.05, 4.69) is 38.8 Å². The molecule has 3 heteroatoms. The molecule has 0 aliphatic carbocycles. The van der Waals surface area contributed by atoms with Gasteiger partial charge in [-0.1, -0.05) is 0 Å². The van der Waals surface area contributed by atoms with Crippen molar-refractivity contribution in [2.24, 2.45) is 0 Å². The predicted molar refractivity (Wildman–Crippen MR) is 59.5 cm³/mol. The van der Waals surface area contributed by atoms with Gasteiger partial charge in [0.25, 0.3) is 0 Å². The maximum Gasteiger partial charge on any atom is 0.184 e. The van der Waals surface area contributed by atoms with Crippen molar-refractivity contribution in [3.8, 4) is 0 Å². The lowest BCUT2D eigenvalue weighted by Crippen LogP contribution is -2.50. The van der Waals surface area contributed by atoms with E-state index in [1.807, 2.05) is 0 Å². The fourth-order valence-corrected chi connectivity index (χ4v) is 3.86. The Hall–Kier alpha value is 0.137. The van der Waals surface area contributed by atoms with Crippen LogP contribution in [-0.2, 0) is 4.43 Å². The van der Waals surface area contributed by atoms with Crippen LogP contribution in [-0.4, -0.2) is 26.5 Å². The molecular weight excluding hydrogens is 178 g/mol. The van der Waals surface area contributed by atoms with Crippen LogP contribution in [0.5, 0.6) is 0 Å². The van der Waals surface area contributed by atoms with Crippen LogP contribution in [0, 0.1) is 0 Å². The van der Waals surface area contributed by atoms with Crippen LogP contribution in [0.3, 0.4) is 0 Å². The molecule has 0 unspecified atom stereocenters. The molecule has 0 bridgehead atoms. The van der Waals surface area contributed by atoms with Gasteiger partial charge in [0.1, 0.15) is 0 Å². The van der Waals surface area contributed by atoms with Gasteiger partial charge in [0, 0.05) is 6.04 Å². The van der Waals surface area contributed by atoms with Gasteiger partial charge in [0.05, 0.1) is 5.60 Å². The molecule has 0 aromatic heterocycles. The lowest BCUT2D eigenvalue weighted by atomic mass is 9.98. The fourth-order valence-electron chi connectivity index (χ4n) is 2.14. The van der Waals surface area contributed by atoms with Crippen molar-refractivity contribution in [2.75, 3.05) is 6.54 Å². The van der Waals surface area contributed by atoms with Gasteiger partial charge in [-0.05, 0) is 52.9 Å². The van der Waals surface area contributed by atoms with Crippen molar-refractivity contribution in [1.82, 2.24) is 5.32 Å². The van der Waals surface area contributed by atoms with E-state index in [4.69, 9.17) is 4.43 Å². The molecule has 1 heterocycles. The van der Waals surface area contributed by atoms with E-state index in [9.17, 15) is 0 Å². The van der Waals surface area contributed by atoms with Crippen LogP contribution < -0.4 is 5.32 Å². The largest absolute Gasteiger partial charge is 0.411 e. The minimum atomic E-state index is -1.40. The second kappa shape index (κ2) is 3.71. The molecule has 1 rings (SSSR count). The first-order valence-corrected chi connectivity index (χ1v) is 8.66. The maximum atomic E-state index is 6.19. The summed E-state index contributed by atoms with van der Waals surface area (Å²) in [5, 5.41) is 3.52. The molecule has 0 spiro atoms. The Balaban J connectivity index is 2.53. The topological polar surface area (TPSA) is 21.3 Å². The highest BCUT2D eigenvalue weighted by Crippen LogP contribution is 2.25. The summed E-state index contributed by atoms with van der Waals surface area (Å²) in [5.74, 6) is 0. The molecular formula is C10H23NOSi. The Morgan fingerprint density at radius 1 is 1.31 bits per heavy atom. The van der Waals surface area contributed by atoms with Gasteiger partial charge in [-0.25, -0.2) is 0 Å². The van der Waals surface area contributed by atoms with Crippen LogP contribution >= 0.6 is 0 Å². The van der Waals surface area contributed by atoms with E-state index in [1.165, 1.54) is 12.8 Å². The molecule has 0 amide bonds. The molecule has 0 saturated carbocycles. The van der Waals surface area contributed by atoms with E-state index in [-0.39, 0.29) is 5.60 Å². The van der Waals surface area contributed by atoms with Crippen LogP contribution in [0.1, 0.15) is 26.7 Å². The first-order valence-electron chi connectivity index (χ1n) is 5.25. The Bertz CT molecular complexity index is 168. The average molecular weight is 201 g/mol. The summed E-state index contributed by atoms with van der Waals surface area (Å²) >= 11 is 0. The van der Waals surface area contributed by atoms with Crippen molar-refractivity contribution < 1.29 is 4.43 Å². The third-order valence-corrected chi connectivity index (χ3v) is 3.61. The summed E-state index contributed by atoms with van der Waals surface area (Å²) in [5.41, 5.74) is 0.0149. The molecule has 1 N–H and O–H groups in total. The highest BCUT2D eigenvalue weighted by Gasteiger charge is 2.35. The Morgan fingerprint density at radius 2 is 1.92 bits per heavy atom. The monoisotopic (exact) mass is 201 g/mol. The van der Waals surface area contributed by atoms with Crippen molar-refractivity contribution in [1.29, 1.82) is 0 Å². The third kappa shape index (κ3) is 3.41. The molecule has 1 fully saturated rings. The molecule has 78 valence electrons. The zero-order valence-corrected chi connectivity index (χ0v) is 10.6. The number of nitrogens with one attached hydrogen (secondary N) is 1. The highest BCUT2D eigenvalue weighted by atomic mass is 28.4. The summed E-state index contributed by atoms with van der Waals surface area (Å²) < 4.78 is 6.19. The molecule has 1 saturated heterocycles. The molecule has 2 nitrogen and oxygen atoms in total. The van der Waals surface area contributed by atoms with Gasteiger partial charge in [-0.3, -0.25) is 0 Å². The van der Waals surface area contributed by atoms with Crippen LogP contribution in [0.2, 0.25) is 19.6 Å². The molecule has 1 aliphatic heterocycles. The number of hydrogen-bond acceptors (Lipinski definition) is 2. The van der Waals surface area contributed by atoms with E-state index in [1.54, 1.807) is 0 Å². The lowest BCUT2D eigenvalue weighted by Gasteiger charge is -2.37. The Morgan fingerprint density at radius 3 is 2.31 bits per heavy atom. The quantitative estimate of drug-likeness (QED) is 0.708. The Kier molecular flexibility index (Phi) is 3.20. The second-order valence-corrected chi connectivity index (χ2v) is 9.90. The lowest BCUT2D eigenvalue weighted by molar-refractivity contribution is 0.0641. The second-order valence-electron chi connectivity index (χ2n) is 5.47. The average Bonchev–Trinajstić information content (AvgIpc) is 2.29. The van der Waals surface area contributed by atoms with Gasteiger partial charge in [-0.15, -0.1) is 0 Å². The zero-order valence-electron chi connectivity index (χ0n) is 9.61. The minimum Gasteiger partial charge on any atom is -0.411 e. The van der Waals surface area contributed by atoms with Crippen LogP contribution in [0.25, 0.3) is 0 Å². The highest BCUT2D eigenvalue weighted by molar-refractivity contribution is 6.69. The standard InChI is InChI=1S/C10H23NOSi/c1-10(2,12-13(3,4)5)9-7-6-8-11-9/h9,11H,6-8H2,1-5H3/t9-/m1/s1. The maximum absolute atomic E-state index is 6.19. The first kappa shape index (κ1) is 11.2. The van der Waals surface area contributed by atoms with E-state index >= 15 is 0 Å². The van der Waals surface area contributed by atoms with Crippen molar-refractivity contribution in [2.45, 2.75) is 58.0 Å².